The molecule has 8 N–H and O–H groups in total. The number of nitrogens with two attached hydrogens (primary N) is 1. The van der Waals surface area contributed by atoms with Crippen LogP contribution in [-0.2, 0) is 17.1 Å². The Labute approximate surface area is 285 Å². The molecule has 18 heteroatoms. The van der Waals surface area contributed by atoms with Crippen molar-refractivity contribution in [2.24, 2.45) is 10.2 Å². The molecule has 1 saturated heterocycles. The quantitative estimate of drug-likeness (QED) is 0.0729. The number of nitrogen functional groups attached to an aromatic ring is 1. The summed E-state index contributed by atoms with van der Waals surface area (Å²) in [5.74, 6) is -3.41. The number of pyridine rings is 1. The van der Waals surface area contributed by atoms with Crippen molar-refractivity contribution in [1.29, 1.82) is 0 Å². The summed E-state index contributed by atoms with van der Waals surface area (Å²) in [5.41, 5.74) is 4.15. The van der Waals surface area contributed by atoms with Gasteiger partial charge in [-0.2, -0.15) is 0 Å². The summed E-state index contributed by atoms with van der Waals surface area (Å²) >= 11 is 11.8. The molecule has 46 heavy (non-hydrogen) atoms. The predicted octanol–water partition coefficient (Wildman–Crippen LogP) is 5.83. The molecule has 2 atom stereocenters. The molecule has 12 nitrogen and oxygen atoms in total. The molecule has 1 saturated carbocycles. The van der Waals surface area contributed by atoms with Crippen molar-refractivity contribution in [3.8, 4) is 5.88 Å². The average molecular weight is 746 g/mol. The van der Waals surface area contributed by atoms with Gasteiger partial charge in [0.1, 0.15) is 11.3 Å². The number of halogens is 3. The van der Waals surface area contributed by atoms with E-state index in [-0.39, 0.29) is 57.8 Å². The number of fused-ring (bicyclic) bond motifs is 1. The number of thiazole rings is 1. The molecule has 4 aromatic rings. The fourth-order valence-corrected chi connectivity index (χ4v) is 6.22. The van der Waals surface area contributed by atoms with Gasteiger partial charge in [0, 0.05) is 59.5 Å². The van der Waals surface area contributed by atoms with E-state index in [2.05, 4.69) is 20.5 Å². The van der Waals surface area contributed by atoms with Gasteiger partial charge in [0.2, 0.25) is 16.3 Å². The number of carboxylic acid groups (broad SMARTS) is 1. The molecule has 0 amide bonds. The van der Waals surface area contributed by atoms with Gasteiger partial charge in [0.25, 0.3) is 0 Å². The molecular weight excluding hydrogens is 715 g/mol. The molecule has 6 rings (SSSR count). The number of aromatic hydroxyl groups is 1. The number of anilines is 2. The van der Waals surface area contributed by atoms with E-state index in [1.54, 1.807) is 29.2 Å². The topological polar surface area (TPSA) is 193 Å². The summed E-state index contributed by atoms with van der Waals surface area (Å²) < 4.78 is 32.7. The number of piperazine rings is 1. The van der Waals surface area contributed by atoms with E-state index in [1.165, 1.54) is 4.57 Å². The third kappa shape index (κ3) is 7.74. The first-order valence-corrected chi connectivity index (χ1v) is 15.1. The Bertz CT molecular complexity index is 1910. The zero-order valence-corrected chi connectivity index (χ0v) is 27.6. The van der Waals surface area contributed by atoms with Crippen LogP contribution in [-0.4, -0.2) is 56.4 Å². The number of rotatable bonds is 5. The third-order valence-corrected chi connectivity index (χ3v) is 8.43. The Morgan fingerprint density at radius 2 is 1.83 bits per heavy atom. The summed E-state index contributed by atoms with van der Waals surface area (Å²) in [4.78, 5) is 28.3. The van der Waals surface area contributed by atoms with Gasteiger partial charge >= 0.3 is 5.97 Å². The van der Waals surface area contributed by atoms with Crippen LogP contribution in [0.4, 0.5) is 30.8 Å². The van der Waals surface area contributed by atoms with Crippen LogP contribution in [0.1, 0.15) is 43.1 Å². The summed E-state index contributed by atoms with van der Waals surface area (Å²) in [6.45, 7) is 4.60. The van der Waals surface area contributed by atoms with E-state index < -0.39 is 39.7 Å². The summed E-state index contributed by atoms with van der Waals surface area (Å²) in [6, 6.07) is 6.86. The van der Waals surface area contributed by atoms with Gasteiger partial charge in [-0.1, -0.05) is 29.0 Å². The Morgan fingerprint density at radius 3 is 2.37 bits per heavy atom. The number of hydrogen-bond acceptors (Lipinski definition) is 10. The van der Waals surface area contributed by atoms with Crippen LogP contribution in [0, 0.1) is 15.6 Å². The molecule has 1 aliphatic carbocycles. The predicted molar refractivity (Wildman–Crippen MR) is 172 cm³/mol. The number of H-pyrrole nitrogens is 1. The van der Waals surface area contributed by atoms with Crippen LogP contribution < -0.4 is 21.4 Å². The second-order valence-corrected chi connectivity index (χ2v) is 12.8. The van der Waals surface area contributed by atoms with Crippen LogP contribution in [0.3, 0.4) is 0 Å². The first kappa shape index (κ1) is 37.0. The summed E-state index contributed by atoms with van der Waals surface area (Å²) in [5, 5.41) is 30.4. The van der Waals surface area contributed by atoms with Gasteiger partial charge in [0.05, 0.1) is 22.3 Å². The normalized spacial score (nSPS) is 17.6. The van der Waals surface area contributed by atoms with Crippen molar-refractivity contribution < 1.29 is 46.3 Å². The maximum absolute atomic E-state index is 15.6. The van der Waals surface area contributed by atoms with Crippen molar-refractivity contribution in [3.63, 3.8) is 0 Å². The van der Waals surface area contributed by atoms with Crippen LogP contribution >= 0.6 is 35.2 Å². The number of aromatic amines is 1. The van der Waals surface area contributed by atoms with Crippen molar-refractivity contribution in [2.45, 2.75) is 44.8 Å². The van der Waals surface area contributed by atoms with Crippen molar-refractivity contribution in [2.75, 3.05) is 23.7 Å². The standard InChI is InChI=1S/C19H22F2N4O3.C9H6ClN3OS2.Cu.H2O/c1-8-5-24(6-9(2)23-8)17-13(20)15(22)12-16(14(17)21)25(10-3-4-10)7-11(18(12)26)19(27)28;10-5-2-1-3-6(4-5)12-13-8-7(14)11-9(15)16-8;;/h7-10,23H,3-6,22H2,1-2H3,(H,27,28);1-4,14H,(H,11,15);;1H2. The number of nitrogens with one attached hydrogen (secondary N) is 2. The molecule has 1 radical (unpaired) electrons. The van der Waals surface area contributed by atoms with Gasteiger partial charge < -0.3 is 41.2 Å². The van der Waals surface area contributed by atoms with Gasteiger partial charge in [-0.25, -0.2) is 13.6 Å². The molecule has 0 bridgehead atoms. The summed E-state index contributed by atoms with van der Waals surface area (Å²) in [6.07, 6.45) is 2.60. The van der Waals surface area contributed by atoms with Gasteiger partial charge in [-0.3, -0.25) is 4.79 Å². The molecule has 2 aromatic heterocycles. The van der Waals surface area contributed by atoms with Crippen LogP contribution in [0.25, 0.3) is 10.9 Å². The fourth-order valence-electron chi connectivity index (χ4n) is 5.15. The first-order chi connectivity index (χ1) is 20.8. The Hall–Kier alpha value is -3.44. The monoisotopic (exact) mass is 744 g/mol. The largest absolute Gasteiger partial charge is 0.492 e. The fraction of sp³-hybridized carbons (Fsp3) is 0.321. The number of nitrogens with zero attached hydrogens (tertiary/aromatic N) is 4. The van der Waals surface area contributed by atoms with Gasteiger partial charge in [-0.15, -0.1) is 10.2 Å². The molecule has 3 heterocycles. The van der Waals surface area contributed by atoms with Crippen LogP contribution in [0.15, 0.2) is 45.5 Å². The maximum atomic E-state index is 15.6. The van der Waals surface area contributed by atoms with Crippen LogP contribution in [0.5, 0.6) is 5.88 Å². The van der Waals surface area contributed by atoms with E-state index >= 15 is 8.78 Å². The second-order valence-electron chi connectivity index (χ2n) is 10.7. The number of aromatic nitrogens is 2. The molecule has 251 valence electrons. The van der Waals surface area contributed by atoms with E-state index in [4.69, 9.17) is 29.6 Å². The zero-order chi connectivity index (χ0) is 31.9. The molecule has 2 aliphatic rings. The van der Waals surface area contributed by atoms with E-state index in [9.17, 15) is 19.8 Å². The Morgan fingerprint density at radius 1 is 1.17 bits per heavy atom. The molecule has 2 aromatic carbocycles. The Balaban J connectivity index is 0.000000275. The minimum absolute atomic E-state index is 0. The molecule has 2 fully saturated rings. The second kappa shape index (κ2) is 15.0. The van der Waals surface area contributed by atoms with Crippen LogP contribution in [0.2, 0.25) is 5.02 Å². The minimum Gasteiger partial charge on any atom is -0.492 e. The number of hydrogen-bond donors (Lipinski definition) is 5. The van der Waals surface area contributed by atoms with Gasteiger partial charge in [0.15, 0.2) is 15.6 Å². The van der Waals surface area contributed by atoms with Crippen molar-refractivity contribution in [1.82, 2.24) is 14.9 Å². The van der Waals surface area contributed by atoms with E-state index in [1.807, 2.05) is 13.8 Å². The molecule has 2 unspecified atom stereocenters. The smallest absolute Gasteiger partial charge is 0.341 e. The number of aromatic carboxylic acids is 1. The van der Waals surface area contributed by atoms with E-state index in [0.29, 0.717) is 32.8 Å². The van der Waals surface area contributed by atoms with Gasteiger partial charge in [-0.05, 0) is 57.1 Å². The number of azo groups is 1. The SMILES string of the molecule is CC1CN(c2c(F)c(N)c3c(=O)c(C(=O)O)cn(C4CC4)c3c2F)CC(C)N1.O.Oc1[nH]c(=S)sc1N=Nc1cccc(Cl)c1.[Cu]. The average Bonchev–Trinajstić information content (AvgIpc) is 3.74. The third-order valence-electron chi connectivity index (χ3n) is 7.09. The summed E-state index contributed by atoms with van der Waals surface area (Å²) in [7, 11) is 0. The maximum Gasteiger partial charge on any atom is 0.341 e. The number of carboxylic acids is 1. The molecular formula is C28H30ClCuF2N7O5S2. The number of benzene rings is 2. The van der Waals surface area contributed by atoms with E-state index in [0.717, 1.165) is 30.4 Å². The Kier molecular flexibility index (Phi) is 12.1. The minimum atomic E-state index is -1.45. The molecule has 1 aliphatic heterocycles. The van der Waals surface area contributed by atoms with Crippen molar-refractivity contribution in [3.05, 3.63) is 66.9 Å². The van der Waals surface area contributed by atoms with Crippen molar-refractivity contribution >= 4 is 74.1 Å². The number of carbonyl (C=O) groups is 1. The molecule has 0 spiro atoms. The zero-order valence-electron chi connectivity index (χ0n) is 24.3. The first-order valence-electron chi connectivity index (χ1n) is 13.5.